The van der Waals surface area contributed by atoms with Gasteiger partial charge in [0.05, 0.1) is 0 Å². The van der Waals surface area contributed by atoms with Crippen LogP contribution >= 0.6 is 0 Å². The van der Waals surface area contributed by atoms with Crippen molar-refractivity contribution in [3.63, 3.8) is 0 Å². The summed E-state index contributed by atoms with van der Waals surface area (Å²) < 4.78 is 19.3. The van der Waals surface area contributed by atoms with Gasteiger partial charge in [0, 0.05) is 35.7 Å². The molecule has 0 bridgehead atoms. The average molecular weight is 489 g/mol. The fourth-order valence-electron chi connectivity index (χ4n) is 5.15. The Balaban J connectivity index is 1.57. The highest BCUT2D eigenvalue weighted by Crippen LogP contribution is 2.29. The Bertz CT molecular complexity index is 1180. The van der Waals surface area contributed by atoms with Gasteiger partial charge in [0.2, 0.25) is 0 Å². The molecule has 1 saturated heterocycles. The van der Waals surface area contributed by atoms with E-state index in [0.717, 1.165) is 54.6 Å². The number of amides is 1. The van der Waals surface area contributed by atoms with Gasteiger partial charge in [-0.15, -0.1) is 0 Å². The van der Waals surface area contributed by atoms with Crippen molar-refractivity contribution in [2.24, 2.45) is 0 Å². The first-order valence-corrected chi connectivity index (χ1v) is 13.0. The van der Waals surface area contributed by atoms with E-state index in [1.807, 2.05) is 18.2 Å². The summed E-state index contributed by atoms with van der Waals surface area (Å²) in [5.41, 5.74) is 6.62. The average Bonchev–Trinajstić information content (AvgIpc) is 2.84. The number of ether oxygens (including phenoxy) is 1. The molecule has 1 fully saturated rings. The molecule has 0 aromatic heterocycles. The standard InChI is InChI=1S/C31H37FN2O2/c1-4-6-25-9-10-27(33-28-18-22(2)17-23(3)19-28)21-29(25)30(35)34-31(13-15-36-16-14-31)12-11-24-7-5-8-26(32)20-24/h5,7-10,17-21,33H,4,6,11-16H2,1-3H3,(H,34,35). The van der Waals surface area contributed by atoms with Gasteiger partial charge in [-0.1, -0.05) is 37.6 Å². The van der Waals surface area contributed by atoms with E-state index in [0.29, 0.717) is 25.2 Å². The van der Waals surface area contributed by atoms with Crippen LogP contribution < -0.4 is 10.6 Å². The van der Waals surface area contributed by atoms with Gasteiger partial charge in [-0.3, -0.25) is 4.79 Å². The van der Waals surface area contributed by atoms with Crippen molar-refractivity contribution < 1.29 is 13.9 Å². The van der Waals surface area contributed by atoms with Gasteiger partial charge in [-0.05, 0) is 105 Å². The Morgan fingerprint density at radius 3 is 2.39 bits per heavy atom. The van der Waals surface area contributed by atoms with Crippen molar-refractivity contribution in [2.45, 2.75) is 64.8 Å². The van der Waals surface area contributed by atoms with E-state index < -0.39 is 0 Å². The highest BCUT2D eigenvalue weighted by molar-refractivity contribution is 5.97. The molecule has 3 aromatic carbocycles. The fourth-order valence-corrected chi connectivity index (χ4v) is 5.15. The number of nitrogens with one attached hydrogen (secondary N) is 2. The van der Waals surface area contributed by atoms with Crippen molar-refractivity contribution in [1.82, 2.24) is 5.32 Å². The number of hydrogen-bond donors (Lipinski definition) is 2. The van der Waals surface area contributed by atoms with Crippen LogP contribution in [-0.4, -0.2) is 24.7 Å². The van der Waals surface area contributed by atoms with Crippen molar-refractivity contribution >= 4 is 17.3 Å². The molecule has 0 aliphatic carbocycles. The number of halogens is 1. The molecule has 4 nitrogen and oxygen atoms in total. The maximum absolute atomic E-state index is 13.8. The Labute approximate surface area is 214 Å². The molecule has 0 unspecified atom stereocenters. The van der Waals surface area contributed by atoms with Crippen LogP contribution in [0.5, 0.6) is 0 Å². The van der Waals surface area contributed by atoms with Crippen LogP contribution in [0, 0.1) is 19.7 Å². The Morgan fingerprint density at radius 1 is 0.944 bits per heavy atom. The molecular formula is C31H37FN2O2. The van der Waals surface area contributed by atoms with E-state index in [-0.39, 0.29) is 17.3 Å². The van der Waals surface area contributed by atoms with Crippen molar-refractivity contribution in [1.29, 1.82) is 0 Å². The first-order valence-electron chi connectivity index (χ1n) is 13.0. The maximum atomic E-state index is 13.8. The Morgan fingerprint density at radius 2 is 1.69 bits per heavy atom. The van der Waals surface area contributed by atoms with E-state index in [1.54, 1.807) is 12.1 Å². The molecule has 2 N–H and O–H groups in total. The van der Waals surface area contributed by atoms with Crippen LogP contribution in [0.4, 0.5) is 15.8 Å². The molecule has 36 heavy (non-hydrogen) atoms. The second-order valence-corrected chi connectivity index (χ2v) is 10.1. The van der Waals surface area contributed by atoms with Crippen LogP contribution in [0.2, 0.25) is 0 Å². The molecule has 0 radical (unpaired) electrons. The molecule has 190 valence electrons. The summed E-state index contributed by atoms with van der Waals surface area (Å²) >= 11 is 0. The number of aryl methyl sites for hydroxylation is 4. The molecule has 1 heterocycles. The molecule has 1 amide bonds. The predicted octanol–water partition coefficient (Wildman–Crippen LogP) is 7.05. The van der Waals surface area contributed by atoms with Gasteiger partial charge in [0.15, 0.2) is 0 Å². The van der Waals surface area contributed by atoms with E-state index in [9.17, 15) is 9.18 Å². The summed E-state index contributed by atoms with van der Waals surface area (Å²) in [6.45, 7) is 7.51. The summed E-state index contributed by atoms with van der Waals surface area (Å²) in [6, 6.07) is 19.2. The highest BCUT2D eigenvalue weighted by Gasteiger charge is 2.34. The van der Waals surface area contributed by atoms with E-state index in [4.69, 9.17) is 4.74 Å². The summed E-state index contributed by atoms with van der Waals surface area (Å²) in [5.74, 6) is -0.279. The Hall–Kier alpha value is -3.18. The first kappa shape index (κ1) is 25.9. The zero-order valence-corrected chi connectivity index (χ0v) is 21.6. The van der Waals surface area contributed by atoms with Crippen LogP contribution in [0.15, 0.2) is 60.7 Å². The van der Waals surface area contributed by atoms with Crippen LogP contribution in [-0.2, 0) is 17.6 Å². The van der Waals surface area contributed by atoms with E-state index >= 15 is 0 Å². The molecular weight excluding hydrogens is 451 g/mol. The monoisotopic (exact) mass is 488 g/mol. The largest absolute Gasteiger partial charge is 0.381 e. The van der Waals surface area contributed by atoms with Crippen LogP contribution in [0.3, 0.4) is 0 Å². The lowest BCUT2D eigenvalue weighted by Crippen LogP contribution is -2.52. The normalized spacial score (nSPS) is 14.9. The Kier molecular flexibility index (Phi) is 8.42. The van der Waals surface area contributed by atoms with Gasteiger partial charge in [-0.25, -0.2) is 4.39 Å². The zero-order valence-electron chi connectivity index (χ0n) is 21.6. The van der Waals surface area contributed by atoms with Crippen molar-refractivity contribution in [3.05, 3.63) is 94.3 Å². The lowest BCUT2D eigenvalue weighted by molar-refractivity contribution is 0.0328. The second kappa shape index (κ2) is 11.7. The minimum absolute atomic E-state index is 0.0522. The van der Waals surface area contributed by atoms with Gasteiger partial charge in [-0.2, -0.15) is 0 Å². The summed E-state index contributed by atoms with van der Waals surface area (Å²) in [4.78, 5) is 13.8. The molecule has 0 spiro atoms. The van der Waals surface area contributed by atoms with Crippen LogP contribution in [0.25, 0.3) is 0 Å². The fraction of sp³-hybridized carbons (Fsp3) is 0.387. The molecule has 3 aromatic rings. The summed E-state index contributed by atoms with van der Waals surface area (Å²) in [7, 11) is 0. The molecule has 4 rings (SSSR count). The number of carbonyl (C=O) groups excluding carboxylic acids is 1. The third kappa shape index (κ3) is 6.73. The SMILES string of the molecule is CCCc1ccc(Nc2cc(C)cc(C)c2)cc1C(=O)NC1(CCc2cccc(F)c2)CCOCC1. The predicted molar refractivity (Wildman–Crippen MR) is 145 cm³/mol. The van der Waals surface area contributed by atoms with Gasteiger partial charge in [0.1, 0.15) is 5.82 Å². The first-order chi connectivity index (χ1) is 17.4. The van der Waals surface area contributed by atoms with E-state index in [2.05, 4.69) is 55.7 Å². The van der Waals surface area contributed by atoms with Crippen LogP contribution in [0.1, 0.15) is 65.2 Å². The third-order valence-electron chi connectivity index (χ3n) is 6.99. The zero-order chi connectivity index (χ0) is 25.5. The minimum atomic E-state index is -0.373. The number of carbonyl (C=O) groups is 1. The second-order valence-electron chi connectivity index (χ2n) is 10.1. The maximum Gasteiger partial charge on any atom is 0.252 e. The topological polar surface area (TPSA) is 50.4 Å². The molecule has 5 heteroatoms. The van der Waals surface area contributed by atoms with E-state index in [1.165, 1.54) is 17.2 Å². The number of benzene rings is 3. The lowest BCUT2D eigenvalue weighted by atomic mass is 9.83. The summed E-state index contributed by atoms with van der Waals surface area (Å²) in [6.07, 6.45) is 4.74. The smallest absolute Gasteiger partial charge is 0.252 e. The number of rotatable bonds is 9. The minimum Gasteiger partial charge on any atom is -0.381 e. The van der Waals surface area contributed by atoms with Gasteiger partial charge in [0.25, 0.3) is 5.91 Å². The third-order valence-corrected chi connectivity index (χ3v) is 6.99. The summed E-state index contributed by atoms with van der Waals surface area (Å²) in [5, 5.41) is 6.88. The highest BCUT2D eigenvalue weighted by atomic mass is 19.1. The quantitative estimate of drug-likeness (QED) is 0.339. The molecule has 0 atom stereocenters. The lowest BCUT2D eigenvalue weighted by Gasteiger charge is -2.38. The molecule has 0 saturated carbocycles. The van der Waals surface area contributed by atoms with Crippen molar-refractivity contribution in [3.8, 4) is 0 Å². The van der Waals surface area contributed by atoms with Gasteiger partial charge < -0.3 is 15.4 Å². The molecule has 1 aliphatic heterocycles. The number of anilines is 2. The number of hydrogen-bond acceptors (Lipinski definition) is 3. The van der Waals surface area contributed by atoms with Crippen molar-refractivity contribution in [2.75, 3.05) is 18.5 Å². The molecule has 1 aliphatic rings. The van der Waals surface area contributed by atoms with Gasteiger partial charge >= 0.3 is 0 Å².